The summed E-state index contributed by atoms with van der Waals surface area (Å²) in [6.07, 6.45) is 1.29. The second-order valence-corrected chi connectivity index (χ2v) is 6.79. The zero-order valence-corrected chi connectivity index (χ0v) is 13.1. The van der Waals surface area contributed by atoms with Crippen LogP contribution in [0.15, 0.2) is 18.2 Å². The second-order valence-electron chi connectivity index (χ2n) is 5.45. The van der Waals surface area contributed by atoms with E-state index in [-0.39, 0.29) is 5.91 Å². The third-order valence-corrected chi connectivity index (χ3v) is 4.99. The minimum Gasteiger partial charge on any atom is -0.397 e. The van der Waals surface area contributed by atoms with Crippen molar-refractivity contribution < 1.29 is 4.79 Å². The summed E-state index contributed by atoms with van der Waals surface area (Å²) in [6.45, 7) is 5.00. The molecule has 110 valence electrons. The van der Waals surface area contributed by atoms with E-state index in [1.807, 2.05) is 12.1 Å². The van der Waals surface area contributed by atoms with Gasteiger partial charge in [-0.15, -0.1) is 11.3 Å². The number of fused-ring (bicyclic) bond motifs is 1. The fourth-order valence-electron chi connectivity index (χ4n) is 2.52. The van der Waals surface area contributed by atoms with E-state index in [9.17, 15) is 4.79 Å². The predicted octanol–water partition coefficient (Wildman–Crippen LogP) is 3.44. The minimum absolute atomic E-state index is 0.0720. The number of anilines is 3. The van der Waals surface area contributed by atoms with Crippen LogP contribution >= 0.6 is 11.3 Å². The summed E-state index contributed by atoms with van der Waals surface area (Å²) >= 11 is 1.80. The number of carbonyl (C=O) groups excluding carboxylic acids is 1. The van der Waals surface area contributed by atoms with Crippen LogP contribution in [0.2, 0.25) is 0 Å². The van der Waals surface area contributed by atoms with Crippen molar-refractivity contribution in [2.45, 2.75) is 33.2 Å². The zero-order valence-electron chi connectivity index (χ0n) is 12.2. The first-order chi connectivity index (χ1) is 10.0. The first kappa shape index (κ1) is 13.9. The maximum atomic E-state index is 11.5. The number of aryl methyl sites for hydroxylation is 3. The molecular weight excluding hydrogens is 282 g/mol. The Kier molecular flexibility index (Phi) is 3.59. The SMILES string of the molecule is Cc1cc(CNc2cc3c(cc2N)CCC(=O)N3)sc1C. The number of benzene rings is 1. The highest BCUT2D eigenvalue weighted by Crippen LogP contribution is 2.31. The Bertz CT molecular complexity index is 686. The molecule has 2 aromatic rings. The van der Waals surface area contributed by atoms with E-state index in [1.54, 1.807) is 11.3 Å². The lowest BCUT2D eigenvalue weighted by atomic mass is 10.0. The van der Waals surface area contributed by atoms with E-state index in [0.717, 1.165) is 35.6 Å². The van der Waals surface area contributed by atoms with Gasteiger partial charge in [0.2, 0.25) is 5.91 Å². The molecule has 2 heterocycles. The minimum atomic E-state index is 0.0720. The van der Waals surface area contributed by atoms with Crippen LogP contribution in [0.4, 0.5) is 17.1 Å². The number of nitrogens with two attached hydrogens (primary N) is 1. The molecule has 21 heavy (non-hydrogen) atoms. The van der Waals surface area contributed by atoms with E-state index in [4.69, 9.17) is 5.73 Å². The average molecular weight is 301 g/mol. The normalized spacial score (nSPS) is 13.7. The number of thiophene rings is 1. The molecule has 4 nitrogen and oxygen atoms in total. The van der Waals surface area contributed by atoms with E-state index in [0.29, 0.717) is 6.42 Å². The number of carbonyl (C=O) groups is 1. The molecule has 1 aromatic carbocycles. The Hall–Kier alpha value is -2.01. The summed E-state index contributed by atoms with van der Waals surface area (Å²) in [5.41, 5.74) is 11.0. The predicted molar refractivity (Wildman–Crippen MR) is 88.9 cm³/mol. The Morgan fingerprint density at radius 3 is 2.81 bits per heavy atom. The first-order valence-corrected chi connectivity index (χ1v) is 7.86. The van der Waals surface area contributed by atoms with Gasteiger partial charge in [0.25, 0.3) is 0 Å². The summed E-state index contributed by atoms with van der Waals surface area (Å²) < 4.78 is 0. The Balaban J connectivity index is 1.79. The van der Waals surface area contributed by atoms with Crippen molar-refractivity contribution in [3.63, 3.8) is 0 Å². The fraction of sp³-hybridized carbons (Fsp3) is 0.312. The van der Waals surface area contributed by atoms with Crippen LogP contribution in [0.1, 0.15) is 27.3 Å². The number of amides is 1. The molecule has 1 aliphatic rings. The molecule has 0 saturated carbocycles. The average Bonchev–Trinajstić information content (AvgIpc) is 2.76. The lowest BCUT2D eigenvalue weighted by molar-refractivity contribution is -0.116. The quantitative estimate of drug-likeness (QED) is 0.761. The molecule has 0 radical (unpaired) electrons. The lowest BCUT2D eigenvalue weighted by Gasteiger charge is -2.19. The van der Waals surface area contributed by atoms with E-state index in [1.165, 1.54) is 15.3 Å². The third kappa shape index (κ3) is 2.88. The zero-order chi connectivity index (χ0) is 15.0. The molecule has 1 aliphatic heterocycles. The second kappa shape index (κ2) is 5.41. The van der Waals surface area contributed by atoms with Crippen molar-refractivity contribution >= 4 is 34.3 Å². The molecule has 0 atom stereocenters. The van der Waals surface area contributed by atoms with Crippen LogP contribution in [0.3, 0.4) is 0 Å². The van der Waals surface area contributed by atoms with Gasteiger partial charge < -0.3 is 16.4 Å². The summed E-state index contributed by atoms with van der Waals surface area (Å²) in [5, 5.41) is 6.28. The molecule has 0 fully saturated rings. The molecule has 5 heteroatoms. The van der Waals surface area contributed by atoms with Crippen LogP contribution in [-0.4, -0.2) is 5.91 Å². The van der Waals surface area contributed by atoms with Crippen molar-refractivity contribution in [2.75, 3.05) is 16.4 Å². The van der Waals surface area contributed by atoms with Gasteiger partial charge in [0.05, 0.1) is 11.4 Å². The van der Waals surface area contributed by atoms with Gasteiger partial charge in [0, 0.05) is 28.4 Å². The molecule has 0 aliphatic carbocycles. The van der Waals surface area contributed by atoms with E-state index >= 15 is 0 Å². The van der Waals surface area contributed by atoms with Crippen LogP contribution in [0.25, 0.3) is 0 Å². The fourth-order valence-corrected chi connectivity index (χ4v) is 3.51. The van der Waals surface area contributed by atoms with Gasteiger partial charge in [-0.2, -0.15) is 0 Å². The van der Waals surface area contributed by atoms with Gasteiger partial charge in [-0.1, -0.05) is 0 Å². The van der Waals surface area contributed by atoms with Crippen molar-refractivity contribution in [3.8, 4) is 0 Å². The van der Waals surface area contributed by atoms with Gasteiger partial charge in [-0.25, -0.2) is 0 Å². The Morgan fingerprint density at radius 1 is 1.29 bits per heavy atom. The topological polar surface area (TPSA) is 67.1 Å². The number of rotatable bonds is 3. The van der Waals surface area contributed by atoms with Crippen molar-refractivity contribution in [1.29, 1.82) is 0 Å². The molecular formula is C16H19N3OS. The molecule has 0 spiro atoms. The van der Waals surface area contributed by atoms with Crippen LogP contribution < -0.4 is 16.4 Å². The van der Waals surface area contributed by atoms with Crippen molar-refractivity contribution in [1.82, 2.24) is 0 Å². The lowest BCUT2D eigenvalue weighted by Crippen LogP contribution is -2.19. The summed E-state index contributed by atoms with van der Waals surface area (Å²) in [6, 6.07) is 6.10. The highest BCUT2D eigenvalue weighted by Gasteiger charge is 2.16. The molecule has 1 amide bonds. The highest BCUT2D eigenvalue weighted by molar-refractivity contribution is 7.12. The number of hydrogen-bond donors (Lipinski definition) is 3. The third-order valence-electron chi connectivity index (χ3n) is 3.84. The van der Waals surface area contributed by atoms with Gasteiger partial charge in [0.15, 0.2) is 0 Å². The smallest absolute Gasteiger partial charge is 0.224 e. The molecule has 1 aromatic heterocycles. The van der Waals surface area contributed by atoms with Gasteiger partial charge in [0.1, 0.15) is 0 Å². The standard InChI is InChI=1S/C16H19N3OS/c1-9-5-12(21-10(9)2)8-18-15-7-14-11(6-13(15)17)3-4-16(20)19-14/h5-7,18H,3-4,8,17H2,1-2H3,(H,19,20). The van der Waals surface area contributed by atoms with E-state index < -0.39 is 0 Å². The van der Waals surface area contributed by atoms with Gasteiger partial charge >= 0.3 is 0 Å². The molecule has 4 N–H and O–H groups in total. The molecule has 0 unspecified atom stereocenters. The molecule has 3 rings (SSSR count). The van der Waals surface area contributed by atoms with Gasteiger partial charge in [-0.3, -0.25) is 4.79 Å². The van der Waals surface area contributed by atoms with Crippen molar-refractivity contribution in [3.05, 3.63) is 39.1 Å². The first-order valence-electron chi connectivity index (χ1n) is 7.05. The van der Waals surface area contributed by atoms with Crippen LogP contribution in [0.5, 0.6) is 0 Å². The van der Waals surface area contributed by atoms with Crippen molar-refractivity contribution in [2.24, 2.45) is 0 Å². The summed E-state index contributed by atoms with van der Waals surface area (Å²) in [5.74, 6) is 0.0720. The summed E-state index contributed by atoms with van der Waals surface area (Å²) in [7, 11) is 0. The van der Waals surface area contributed by atoms with Gasteiger partial charge in [-0.05, 0) is 49.6 Å². The Morgan fingerprint density at radius 2 is 2.10 bits per heavy atom. The monoisotopic (exact) mass is 301 g/mol. The highest BCUT2D eigenvalue weighted by atomic mass is 32.1. The number of nitrogens with one attached hydrogen (secondary N) is 2. The maximum Gasteiger partial charge on any atom is 0.224 e. The molecule has 0 bridgehead atoms. The molecule has 0 saturated heterocycles. The number of hydrogen-bond acceptors (Lipinski definition) is 4. The van der Waals surface area contributed by atoms with Crippen LogP contribution in [-0.2, 0) is 17.8 Å². The maximum absolute atomic E-state index is 11.5. The largest absolute Gasteiger partial charge is 0.397 e. The number of nitrogen functional groups attached to an aromatic ring is 1. The Labute approximate surface area is 128 Å². The van der Waals surface area contributed by atoms with Crippen LogP contribution in [0, 0.1) is 13.8 Å². The summed E-state index contributed by atoms with van der Waals surface area (Å²) in [4.78, 5) is 14.1. The van der Waals surface area contributed by atoms with E-state index in [2.05, 4.69) is 30.5 Å².